The van der Waals surface area contributed by atoms with Crippen LogP contribution >= 0.6 is 23.1 Å². The summed E-state index contributed by atoms with van der Waals surface area (Å²) in [6.07, 6.45) is 1.08. The van der Waals surface area contributed by atoms with E-state index in [2.05, 4.69) is 21.6 Å². The average Bonchev–Trinajstić information content (AvgIpc) is 2.31. The highest BCUT2D eigenvalue weighted by Gasteiger charge is 1.97. The van der Waals surface area contributed by atoms with Crippen molar-refractivity contribution in [3.63, 3.8) is 0 Å². The van der Waals surface area contributed by atoms with Gasteiger partial charge in [0.2, 0.25) is 10.4 Å². The van der Waals surface area contributed by atoms with E-state index in [9.17, 15) is 0 Å². The van der Waals surface area contributed by atoms with E-state index in [1.807, 2.05) is 0 Å². The molecule has 0 aliphatic carbocycles. The fourth-order valence-corrected chi connectivity index (χ4v) is 1.24. The first-order valence-electron chi connectivity index (χ1n) is 3.06. The molecule has 0 aliphatic rings. The molecule has 0 aliphatic heterocycles. The summed E-state index contributed by atoms with van der Waals surface area (Å²) in [6.45, 7) is 3.02. The second-order valence-electron chi connectivity index (χ2n) is 1.80. The first kappa shape index (κ1) is 7.75. The van der Waals surface area contributed by atoms with Gasteiger partial charge in [-0.3, -0.25) is 0 Å². The van der Waals surface area contributed by atoms with Crippen LogP contribution in [0.25, 0.3) is 0 Å². The summed E-state index contributed by atoms with van der Waals surface area (Å²) in [5.74, 6) is 0. The SMILES string of the molecule is CCCNc1nc(Cl)ns1. The Labute approximate surface area is 68.6 Å². The summed E-state index contributed by atoms with van der Waals surface area (Å²) in [5, 5.41) is 4.20. The van der Waals surface area contributed by atoms with Crippen LogP contribution in [-0.2, 0) is 0 Å². The van der Waals surface area contributed by atoms with E-state index in [4.69, 9.17) is 11.6 Å². The van der Waals surface area contributed by atoms with Gasteiger partial charge in [0.05, 0.1) is 0 Å². The zero-order chi connectivity index (χ0) is 7.40. The lowest BCUT2D eigenvalue weighted by Crippen LogP contribution is -1.98. The van der Waals surface area contributed by atoms with Gasteiger partial charge in [0.15, 0.2) is 0 Å². The van der Waals surface area contributed by atoms with E-state index in [0.717, 1.165) is 18.1 Å². The van der Waals surface area contributed by atoms with Crippen LogP contribution in [0.15, 0.2) is 0 Å². The molecule has 1 aromatic rings. The molecule has 56 valence electrons. The van der Waals surface area contributed by atoms with Gasteiger partial charge in [-0.15, -0.1) is 0 Å². The number of halogens is 1. The average molecular weight is 178 g/mol. The summed E-state index contributed by atoms with van der Waals surface area (Å²) < 4.78 is 3.80. The minimum absolute atomic E-state index is 0.323. The number of rotatable bonds is 3. The first-order valence-corrected chi connectivity index (χ1v) is 4.21. The Bertz CT molecular complexity index is 201. The van der Waals surface area contributed by atoms with Crippen LogP contribution in [0.3, 0.4) is 0 Å². The molecule has 1 heterocycles. The Balaban J connectivity index is 2.42. The molecule has 0 radical (unpaired) electrons. The van der Waals surface area contributed by atoms with Crippen molar-refractivity contribution in [3.05, 3.63) is 5.28 Å². The van der Waals surface area contributed by atoms with Crippen molar-refractivity contribution in [1.29, 1.82) is 0 Å². The zero-order valence-corrected chi connectivity index (χ0v) is 7.17. The Kier molecular flexibility index (Phi) is 2.89. The lowest BCUT2D eigenvalue weighted by molar-refractivity contribution is 0.976. The third kappa shape index (κ3) is 2.11. The maximum Gasteiger partial charge on any atom is 0.236 e. The maximum atomic E-state index is 5.49. The van der Waals surface area contributed by atoms with Crippen LogP contribution in [0, 0.1) is 0 Å². The van der Waals surface area contributed by atoms with Crippen LogP contribution in [0.4, 0.5) is 5.13 Å². The molecule has 0 saturated carbocycles. The third-order valence-corrected chi connectivity index (χ3v) is 1.87. The van der Waals surface area contributed by atoms with E-state index in [1.54, 1.807) is 0 Å². The molecule has 1 aromatic heterocycles. The van der Waals surface area contributed by atoms with Crippen molar-refractivity contribution >= 4 is 28.3 Å². The Morgan fingerprint density at radius 2 is 2.50 bits per heavy atom. The predicted molar refractivity (Wildman–Crippen MR) is 43.7 cm³/mol. The topological polar surface area (TPSA) is 37.8 Å². The molecule has 0 fully saturated rings. The quantitative estimate of drug-likeness (QED) is 0.768. The summed E-state index contributed by atoms with van der Waals surface area (Å²) in [6, 6.07) is 0. The van der Waals surface area contributed by atoms with Gasteiger partial charge >= 0.3 is 0 Å². The summed E-state index contributed by atoms with van der Waals surface area (Å²) >= 11 is 6.77. The molecule has 0 amide bonds. The second-order valence-corrected chi connectivity index (χ2v) is 2.89. The van der Waals surface area contributed by atoms with Gasteiger partial charge in [-0.05, 0) is 18.0 Å². The van der Waals surface area contributed by atoms with Gasteiger partial charge in [0.25, 0.3) is 0 Å². The van der Waals surface area contributed by atoms with E-state index in [0.29, 0.717) is 5.28 Å². The monoisotopic (exact) mass is 177 g/mol. The predicted octanol–water partition coefficient (Wildman–Crippen LogP) is 2.01. The van der Waals surface area contributed by atoms with Crippen LogP contribution in [0.5, 0.6) is 0 Å². The van der Waals surface area contributed by atoms with Gasteiger partial charge in [-0.1, -0.05) is 6.92 Å². The van der Waals surface area contributed by atoms with Crippen LogP contribution in [-0.4, -0.2) is 15.9 Å². The molecular formula is C5H8ClN3S. The van der Waals surface area contributed by atoms with Crippen molar-refractivity contribution in [2.45, 2.75) is 13.3 Å². The van der Waals surface area contributed by atoms with E-state index in [-0.39, 0.29) is 0 Å². The number of hydrogen-bond donors (Lipinski definition) is 1. The number of anilines is 1. The Morgan fingerprint density at radius 3 is 3.00 bits per heavy atom. The molecular weight excluding hydrogens is 170 g/mol. The molecule has 10 heavy (non-hydrogen) atoms. The molecule has 0 unspecified atom stereocenters. The number of aromatic nitrogens is 2. The molecule has 3 nitrogen and oxygen atoms in total. The van der Waals surface area contributed by atoms with Crippen molar-refractivity contribution < 1.29 is 0 Å². The standard InChI is InChI=1S/C5H8ClN3S/c1-2-3-7-5-8-4(6)9-10-5/h2-3H2,1H3,(H,7,8,9). The largest absolute Gasteiger partial charge is 0.360 e. The molecule has 0 saturated heterocycles. The van der Waals surface area contributed by atoms with Gasteiger partial charge in [-0.2, -0.15) is 9.36 Å². The van der Waals surface area contributed by atoms with Crippen molar-refractivity contribution in [2.24, 2.45) is 0 Å². The normalized spacial score (nSPS) is 9.80. The molecule has 0 atom stereocenters. The lowest BCUT2D eigenvalue weighted by Gasteiger charge is -1.94. The van der Waals surface area contributed by atoms with Gasteiger partial charge < -0.3 is 5.32 Å². The molecule has 1 rings (SSSR count). The fourth-order valence-electron chi connectivity index (χ4n) is 0.509. The van der Waals surface area contributed by atoms with Crippen molar-refractivity contribution in [3.8, 4) is 0 Å². The Morgan fingerprint density at radius 1 is 1.70 bits per heavy atom. The number of nitrogens with zero attached hydrogens (tertiary/aromatic N) is 2. The Hall–Kier alpha value is -0.350. The van der Waals surface area contributed by atoms with Crippen molar-refractivity contribution in [2.75, 3.05) is 11.9 Å². The highest BCUT2D eigenvalue weighted by atomic mass is 35.5. The second kappa shape index (κ2) is 3.73. The smallest absolute Gasteiger partial charge is 0.236 e. The summed E-state index contributed by atoms with van der Waals surface area (Å²) in [4.78, 5) is 3.91. The van der Waals surface area contributed by atoms with Gasteiger partial charge in [0, 0.05) is 18.1 Å². The highest BCUT2D eigenvalue weighted by Crippen LogP contribution is 2.13. The van der Waals surface area contributed by atoms with E-state index < -0.39 is 0 Å². The fraction of sp³-hybridized carbons (Fsp3) is 0.600. The highest BCUT2D eigenvalue weighted by molar-refractivity contribution is 7.09. The minimum Gasteiger partial charge on any atom is -0.360 e. The summed E-state index contributed by atoms with van der Waals surface area (Å²) in [7, 11) is 0. The molecule has 0 spiro atoms. The lowest BCUT2D eigenvalue weighted by atomic mass is 10.5. The number of nitrogens with one attached hydrogen (secondary N) is 1. The molecule has 1 N–H and O–H groups in total. The van der Waals surface area contributed by atoms with E-state index >= 15 is 0 Å². The third-order valence-electron chi connectivity index (χ3n) is 0.927. The van der Waals surface area contributed by atoms with Gasteiger partial charge in [-0.25, -0.2) is 0 Å². The van der Waals surface area contributed by atoms with Crippen LogP contribution in [0.1, 0.15) is 13.3 Å². The van der Waals surface area contributed by atoms with E-state index in [1.165, 1.54) is 11.5 Å². The van der Waals surface area contributed by atoms with Crippen LogP contribution in [0.2, 0.25) is 5.28 Å². The van der Waals surface area contributed by atoms with Crippen LogP contribution < -0.4 is 5.32 Å². The molecule has 0 aromatic carbocycles. The zero-order valence-electron chi connectivity index (χ0n) is 5.59. The molecule has 0 bridgehead atoms. The summed E-state index contributed by atoms with van der Waals surface area (Å²) in [5.41, 5.74) is 0. The van der Waals surface area contributed by atoms with Gasteiger partial charge in [0.1, 0.15) is 0 Å². The first-order chi connectivity index (χ1) is 4.83. The number of hydrogen-bond acceptors (Lipinski definition) is 4. The minimum atomic E-state index is 0.323. The maximum absolute atomic E-state index is 5.49. The molecule has 5 heteroatoms. The van der Waals surface area contributed by atoms with Crippen molar-refractivity contribution in [1.82, 2.24) is 9.36 Å².